The Hall–Kier alpha value is -6.23. The Balaban J connectivity index is 1.38. The van der Waals surface area contributed by atoms with Crippen molar-refractivity contribution in [2.24, 2.45) is 11.3 Å². The lowest BCUT2D eigenvalue weighted by atomic mass is 9.52. The molecule has 326 valence electrons. The van der Waals surface area contributed by atoms with E-state index >= 15 is 4.79 Å². The number of nitrogens with one attached hydrogen (secondary N) is 1. The van der Waals surface area contributed by atoms with Gasteiger partial charge in [-0.3, -0.25) is 24.0 Å². The number of aliphatic hydroxyl groups is 2. The maximum absolute atomic E-state index is 15.4. The number of carbonyl (C=O) groups is 7. The first kappa shape index (κ1) is 43.8. The maximum atomic E-state index is 15.4. The van der Waals surface area contributed by atoms with E-state index in [1.54, 1.807) is 78.9 Å². The minimum absolute atomic E-state index is 0.0245. The van der Waals surface area contributed by atoms with Crippen LogP contribution in [0.2, 0.25) is 0 Å². The van der Waals surface area contributed by atoms with Gasteiger partial charge in [-0.15, -0.1) is 0 Å². The normalized spacial score (nSPS) is 30.7. The molecule has 16 heteroatoms. The minimum Gasteiger partial charge on any atom is -0.456 e. The summed E-state index contributed by atoms with van der Waals surface area (Å²) in [4.78, 5) is 96.7. The molecule has 0 aromatic heterocycles. The molecule has 2 saturated carbocycles. The zero-order valence-electron chi connectivity index (χ0n) is 34.6. The van der Waals surface area contributed by atoms with Gasteiger partial charge in [0.2, 0.25) is 0 Å². The van der Waals surface area contributed by atoms with E-state index in [0.717, 1.165) is 20.8 Å². The van der Waals surface area contributed by atoms with E-state index in [4.69, 9.17) is 28.4 Å². The predicted octanol–water partition coefficient (Wildman–Crippen LogP) is 3.28. The van der Waals surface area contributed by atoms with Crippen LogP contribution < -0.4 is 5.32 Å². The molecule has 11 atom stereocenters. The van der Waals surface area contributed by atoms with Crippen molar-refractivity contribution < 1.29 is 72.2 Å². The number of hydrogen-bond donors (Lipinski definition) is 3. The summed E-state index contributed by atoms with van der Waals surface area (Å²) >= 11 is 0. The monoisotopic (exact) mass is 853 g/mol. The molecule has 1 heterocycles. The number of benzene rings is 3. The first-order chi connectivity index (χ1) is 29.4. The molecule has 1 amide bonds. The number of fused-ring (bicyclic) bond motifs is 4. The van der Waals surface area contributed by atoms with Crippen molar-refractivity contribution in [2.75, 3.05) is 6.61 Å². The molecule has 0 spiro atoms. The lowest BCUT2D eigenvalue weighted by Gasteiger charge is -2.63. The highest BCUT2D eigenvalue weighted by atomic mass is 16.6. The van der Waals surface area contributed by atoms with Crippen molar-refractivity contribution in [1.29, 1.82) is 0 Å². The summed E-state index contributed by atoms with van der Waals surface area (Å²) in [5.74, 6) is -8.01. The summed E-state index contributed by atoms with van der Waals surface area (Å²) in [6.07, 6.45) is -10.7. The molecule has 4 aliphatic rings. The van der Waals surface area contributed by atoms with Crippen molar-refractivity contribution in [2.45, 2.75) is 101 Å². The highest BCUT2D eigenvalue weighted by Crippen LogP contribution is 2.63. The quantitative estimate of drug-likeness (QED) is 0.143. The molecule has 0 bridgehead atoms. The fourth-order valence-corrected chi connectivity index (χ4v) is 9.73. The topological polar surface area (TPSA) is 227 Å². The molecule has 1 unspecified atom stereocenters. The van der Waals surface area contributed by atoms with Gasteiger partial charge >= 0.3 is 29.8 Å². The lowest BCUT2D eigenvalue weighted by Crippen LogP contribution is -2.78. The number of hydrogen-bond acceptors (Lipinski definition) is 15. The van der Waals surface area contributed by atoms with E-state index in [-0.39, 0.29) is 35.3 Å². The first-order valence-electron chi connectivity index (χ1n) is 20.1. The van der Waals surface area contributed by atoms with Crippen molar-refractivity contribution >= 4 is 41.5 Å². The van der Waals surface area contributed by atoms with Crippen LogP contribution in [0.15, 0.2) is 102 Å². The number of ketones is 1. The van der Waals surface area contributed by atoms with Crippen LogP contribution in [-0.2, 0) is 52.4 Å². The Morgan fingerprint density at radius 1 is 0.790 bits per heavy atom. The second-order valence-corrected chi connectivity index (χ2v) is 16.3. The summed E-state index contributed by atoms with van der Waals surface area (Å²) in [5.41, 5.74) is -5.73. The molecule has 7 rings (SSSR count). The summed E-state index contributed by atoms with van der Waals surface area (Å²) in [7, 11) is 0. The zero-order valence-corrected chi connectivity index (χ0v) is 34.6. The van der Waals surface area contributed by atoms with Gasteiger partial charge in [-0.05, 0) is 49.2 Å². The first-order valence-corrected chi connectivity index (χ1v) is 20.1. The van der Waals surface area contributed by atoms with Gasteiger partial charge in [0, 0.05) is 44.7 Å². The highest BCUT2D eigenvalue weighted by Gasteiger charge is 2.79. The highest BCUT2D eigenvalue weighted by molar-refractivity contribution is 5.97. The Kier molecular flexibility index (Phi) is 12.0. The second-order valence-electron chi connectivity index (χ2n) is 16.3. The van der Waals surface area contributed by atoms with Gasteiger partial charge in [0.05, 0.1) is 35.6 Å². The fourth-order valence-electron chi connectivity index (χ4n) is 9.73. The van der Waals surface area contributed by atoms with Crippen LogP contribution in [0.25, 0.3) is 0 Å². The van der Waals surface area contributed by atoms with E-state index in [2.05, 4.69) is 5.32 Å². The molecule has 3 aromatic rings. The van der Waals surface area contributed by atoms with Crippen LogP contribution in [0.1, 0.15) is 79.8 Å². The van der Waals surface area contributed by atoms with Crippen LogP contribution in [-0.4, -0.2) is 106 Å². The number of ether oxygens (including phenoxy) is 6. The third-order valence-electron chi connectivity index (χ3n) is 12.5. The molecule has 0 radical (unpaired) electrons. The van der Waals surface area contributed by atoms with Crippen molar-refractivity contribution in [3.63, 3.8) is 0 Å². The summed E-state index contributed by atoms with van der Waals surface area (Å²) in [6.45, 7) is 5.71. The third kappa shape index (κ3) is 7.56. The number of rotatable bonds is 11. The maximum Gasteiger partial charge on any atom is 0.338 e. The van der Waals surface area contributed by atoms with Crippen LogP contribution in [0.3, 0.4) is 0 Å². The lowest BCUT2D eigenvalue weighted by molar-refractivity contribution is -0.335. The van der Waals surface area contributed by atoms with E-state index in [9.17, 15) is 39.0 Å². The minimum atomic E-state index is -2.33. The van der Waals surface area contributed by atoms with Crippen LogP contribution >= 0.6 is 0 Å². The molecule has 3 fully saturated rings. The summed E-state index contributed by atoms with van der Waals surface area (Å²) < 4.78 is 36.4. The molecular weight excluding hydrogens is 806 g/mol. The molecule has 62 heavy (non-hydrogen) atoms. The smallest absolute Gasteiger partial charge is 0.338 e. The Morgan fingerprint density at radius 3 is 1.92 bits per heavy atom. The largest absolute Gasteiger partial charge is 0.456 e. The van der Waals surface area contributed by atoms with Crippen molar-refractivity contribution in [3.8, 4) is 0 Å². The number of aliphatic hydroxyl groups excluding tert-OH is 2. The average molecular weight is 854 g/mol. The average Bonchev–Trinajstić information content (AvgIpc) is 3.48. The van der Waals surface area contributed by atoms with Gasteiger partial charge in [-0.1, -0.05) is 66.7 Å². The van der Waals surface area contributed by atoms with Gasteiger partial charge in [-0.2, -0.15) is 0 Å². The molecule has 1 saturated heterocycles. The molecular formula is C46H47NO15. The molecule has 16 nitrogen and oxygen atoms in total. The predicted molar refractivity (Wildman–Crippen MR) is 213 cm³/mol. The Morgan fingerprint density at radius 2 is 1.37 bits per heavy atom. The number of amides is 1. The van der Waals surface area contributed by atoms with Crippen LogP contribution in [0, 0.1) is 11.3 Å². The van der Waals surface area contributed by atoms with Gasteiger partial charge in [0.15, 0.2) is 35.3 Å². The van der Waals surface area contributed by atoms with Gasteiger partial charge < -0.3 is 44.0 Å². The summed E-state index contributed by atoms with van der Waals surface area (Å²) in [6, 6.07) is 22.7. The molecule has 3 aromatic carbocycles. The second kappa shape index (κ2) is 16.9. The van der Waals surface area contributed by atoms with E-state index in [1.165, 1.54) is 26.0 Å². The van der Waals surface area contributed by atoms with Crippen molar-refractivity contribution in [1.82, 2.24) is 5.32 Å². The molecule has 3 N–H and O–H groups in total. The standard InChI is InChI=1S/C46H47NO15/c1-24-31(59-43(56)36(52)35(28-15-9-6-10-16-28)47-41(54)29-17-11-7-12-18-29)22-45(61-26(3)49)34(24)37(58-25(2)48)39(53)44(5)32(51)21-33-46(23-57-33,62-27(4)50)38(44)40(45)60-42(55)30-19-13-8-14-20-30/h6-20,31-33,35-38,40,51-52H,21-23H2,1-5H3,(H,47,54)/t31-,32-,33+,35-,36+,37+,38?,40-,44+,45-,46-/m0/s1. The van der Waals surface area contributed by atoms with Crippen molar-refractivity contribution in [3.05, 3.63) is 119 Å². The van der Waals surface area contributed by atoms with Crippen LogP contribution in [0.5, 0.6) is 0 Å². The SMILES string of the molecule is CC(=O)O[C@H]1C(=O)[C@@]2(C)C([C@H](OC(=O)c3ccccc3)[C@]3(OC(C)=O)C[C@H](OC(=O)[C@H](O)[C@@H](NC(=O)c4ccccc4)c4ccccc4)C(C)=C13)[C@]1(OC(C)=O)CO[C@@H]1C[C@@H]2O. The van der Waals surface area contributed by atoms with Gasteiger partial charge in [0.25, 0.3) is 5.91 Å². The number of carbonyl (C=O) groups excluding carboxylic acids is 7. The van der Waals surface area contributed by atoms with E-state index < -0.39 is 113 Å². The third-order valence-corrected chi connectivity index (χ3v) is 12.5. The Bertz CT molecular complexity index is 2300. The fraction of sp³-hybridized carbons (Fsp3) is 0.413. The Labute approximate surface area is 356 Å². The number of esters is 5. The van der Waals surface area contributed by atoms with E-state index in [1.807, 2.05) is 0 Å². The van der Waals surface area contributed by atoms with Gasteiger partial charge in [0.1, 0.15) is 12.2 Å². The van der Waals surface area contributed by atoms with Gasteiger partial charge in [-0.25, -0.2) is 9.59 Å². The van der Waals surface area contributed by atoms with E-state index in [0.29, 0.717) is 5.56 Å². The zero-order chi connectivity index (χ0) is 44.7. The number of Topliss-reactive ketones (excluding diaryl/α,β-unsaturated/α-hetero) is 1. The molecule has 1 aliphatic heterocycles. The summed E-state index contributed by atoms with van der Waals surface area (Å²) in [5, 5.41) is 26.4. The van der Waals surface area contributed by atoms with Crippen LogP contribution in [0.4, 0.5) is 0 Å². The molecule has 3 aliphatic carbocycles.